The minimum absolute atomic E-state index is 0.0622. The summed E-state index contributed by atoms with van der Waals surface area (Å²) in [6.45, 7) is 2.28. The van der Waals surface area contributed by atoms with Crippen LogP contribution < -0.4 is 9.64 Å². The van der Waals surface area contributed by atoms with Crippen LogP contribution in [0, 0.1) is 0 Å². The van der Waals surface area contributed by atoms with Crippen molar-refractivity contribution in [2.24, 2.45) is 0 Å². The molecule has 10 aromatic rings. The number of hydrogen-bond acceptors (Lipinski definition) is 2. The van der Waals surface area contributed by atoms with Crippen LogP contribution in [0.5, 0.6) is 11.5 Å². The van der Waals surface area contributed by atoms with Gasteiger partial charge >= 0.3 is 0 Å². The van der Waals surface area contributed by atoms with Crippen LogP contribution in [0.25, 0.3) is 60.9 Å². The van der Waals surface area contributed by atoms with Crippen molar-refractivity contribution in [2.45, 2.75) is 12.8 Å². The van der Waals surface area contributed by atoms with Gasteiger partial charge in [-0.3, -0.25) is 0 Å². The molecule has 0 aliphatic rings. The van der Waals surface area contributed by atoms with Crippen molar-refractivity contribution in [2.75, 3.05) is 11.9 Å². The van der Waals surface area contributed by atoms with Gasteiger partial charge in [0.1, 0.15) is 5.75 Å². The summed E-state index contributed by atoms with van der Waals surface area (Å²) in [5.41, 5.74) is 15.0. The average Bonchev–Trinajstić information content (AvgIpc) is 3.67. The molecule has 60 heavy (non-hydrogen) atoms. The maximum atomic E-state index is 7.20. The van der Waals surface area contributed by atoms with Gasteiger partial charge in [0.25, 0.3) is 0 Å². The molecule has 0 spiro atoms. The summed E-state index contributed by atoms with van der Waals surface area (Å²) >= 11 is 0. The molecule has 0 fully saturated rings. The number of fused-ring (bicyclic) bond motifs is 3. The summed E-state index contributed by atoms with van der Waals surface area (Å²) in [5.74, 6) is 1.71. The molecule has 3 nitrogen and oxygen atoms in total. The molecule has 1 atom stereocenters. The number of para-hydroxylation sites is 3. The van der Waals surface area contributed by atoms with E-state index in [0.29, 0.717) is 0 Å². The Hall–Kier alpha value is -7.62. The fraction of sp³-hybridized carbons (Fsp3) is 0.0526. The summed E-state index contributed by atoms with van der Waals surface area (Å²) in [7, 11) is 2.15. The highest BCUT2D eigenvalue weighted by atomic mass is 16.5. The molecule has 0 radical (unpaired) electrons. The molecule has 0 aliphatic heterocycles. The Morgan fingerprint density at radius 2 is 1.00 bits per heavy atom. The third kappa shape index (κ3) is 6.91. The van der Waals surface area contributed by atoms with Gasteiger partial charge in [0.05, 0.1) is 11.0 Å². The number of anilines is 2. The maximum absolute atomic E-state index is 7.20. The van der Waals surface area contributed by atoms with E-state index < -0.39 is 0 Å². The van der Waals surface area contributed by atoms with Gasteiger partial charge in [0.15, 0.2) is 5.75 Å². The lowest BCUT2D eigenvalue weighted by atomic mass is 9.89. The first-order valence-corrected chi connectivity index (χ1v) is 20.6. The van der Waals surface area contributed by atoms with Crippen LogP contribution in [0.1, 0.15) is 24.0 Å². The van der Waals surface area contributed by atoms with E-state index in [0.717, 1.165) is 61.7 Å². The molecule has 0 N–H and O–H groups in total. The van der Waals surface area contributed by atoms with Crippen LogP contribution >= 0.6 is 0 Å². The normalized spacial score (nSPS) is 11.8. The Labute approximate surface area is 352 Å². The number of aromatic nitrogens is 1. The number of benzene rings is 9. The molecule has 10 rings (SSSR count). The quantitative estimate of drug-likeness (QED) is 0.138. The van der Waals surface area contributed by atoms with Crippen LogP contribution in [-0.4, -0.2) is 11.6 Å². The van der Waals surface area contributed by atoms with Crippen LogP contribution in [0.4, 0.5) is 11.4 Å². The Morgan fingerprint density at radius 3 is 1.70 bits per heavy atom. The molecular weight excluding hydrogens is 729 g/mol. The molecular formula is C57H44N2O. The summed E-state index contributed by atoms with van der Waals surface area (Å²) in [5, 5.41) is 2.34. The molecule has 288 valence electrons. The Bertz CT molecular complexity index is 3060. The molecule has 9 aromatic carbocycles. The third-order valence-electron chi connectivity index (χ3n) is 11.8. The zero-order valence-electron chi connectivity index (χ0n) is 33.7. The Kier molecular flexibility index (Phi) is 9.77. The molecule has 1 aromatic heterocycles. The van der Waals surface area contributed by atoms with Gasteiger partial charge in [-0.15, -0.1) is 0 Å². The second-order valence-corrected chi connectivity index (χ2v) is 15.4. The first-order valence-electron chi connectivity index (χ1n) is 20.6. The van der Waals surface area contributed by atoms with E-state index in [4.69, 9.17) is 4.74 Å². The van der Waals surface area contributed by atoms with E-state index >= 15 is 0 Å². The minimum Gasteiger partial charge on any atom is -0.455 e. The lowest BCUT2D eigenvalue weighted by Crippen LogP contribution is -2.10. The van der Waals surface area contributed by atoms with Gasteiger partial charge in [-0.25, -0.2) is 0 Å². The topological polar surface area (TPSA) is 17.4 Å². The number of nitrogens with zero attached hydrogens (tertiary/aromatic N) is 2. The van der Waals surface area contributed by atoms with Gasteiger partial charge in [0, 0.05) is 51.9 Å². The monoisotopic (exact) mass is 772 g/mol. The van der Waals surface area contributed by atoms with E-state index in [1.165, 1.54) is 33.2 Å². The summed E-state index contributed by atoms with van der Waals surface area (Å²) in [6, 6.07) is 79.9. The standard InChI is InChI=1S/C57H44N2O/c1-40(41-17-6-3-7-18-41)52-39-46(49-23-12-14-26-53(49)58(2)47-34-29-44(30-35-47)42-19-8-4-9-20-42)33-38-55(52)60-56-28-16-25-51-50-24-13-15-27-54(50)59(57(51)56)48-36-31-45(32-37-48)43-21-10-5-11-22-43/h3-40H,1-2H3. The SMILES string of the molecule is CC(c1ccccc1)c1cc(-c2ccccc2N(C)c2ccc(-c3ccccc3)cc2)ccc1Oc1cccc2c3ccccc3n(-c3ccc(-c4ccccc4)cc3)c12. The molecule has 0 saturated heterocycles. The number of ether oxygens (including phenoxy) is 1. The van der Waals surface area contributed by atoms with Crippen LogP contribution in [-0.2, 0) is 0 Å². The molecule has 0 amide bonds. The van der Waals surface area contributed by atoms with Crippen molar-refractivity contribution in [3.63, 3.8) is 0 Å². The first kappa shape index (κ1) is 36.7. The lowest BCUT2D eigenvalue weighted by Gasteiger charge is -2.24. The van der Waals surface area contributed by atoms with Gasteiger partial charge in [-0.1, -0.05) is 177 Å². The average molecular weight is 773 g/mol. The van der Waals surface area contributed by atoms with Gasteiger partial charge < -0.3 is 14.2 Å². The van der Waals surface area contributed by atoms with Crippen molar-refractivity contribution in [3.8, 4) is 50.6 Å². The molecule has 1 heterocycles. The fourth-order valence-electron chi connectivity index (χ4n) is 8.62. The Morgan fingerprint density at radius 1 is 0.450 bits per heavy atom. The second-order valence-electron chi connectivity index (χ2n) is 15.4. The fourth-order valence-corrected chi connectivity index (χ4v) is 8.62. The van der Waals surface area contributed by atoms with Crippen molar-refractivity contribution < 1.29 is 4.74 Å². The van der Waals surface area contributed by atoms with Crippen molar-refractivity contribution in [1.82, 2.24) is 4.57 Å². The summed E-state index contributed by atoms with van der Waals surface area (Å²) < 4.78 is 9.55. The van der Waals surface area contributed by atoms with E-state index in [-0.39, 0.29) is 5.92 Å². The second kappa shape index (κ2) is 16.0. The highest BCUT2D eigenvalue weighted by Crippen LogP contribution is 2.44. The van der Waals surface area contributed by atoms with Crippen LogP contribution in [0.15, 0.2) is 224 Å². The molecule has 0 saturated carbocycles. The molecule has 0 bridgehead atoms. The number of hydrogen-bond donors (Lipinski definition) is 0. The van der Waals surface area contributed by atoms with Crippen molar-refractivity contribution in [1.29, 1.82) is 0 Å². The first-order chi connectivity index (χ1) is 29.6. The summed E-state index contributed by atoms with van der Waals surface area (Å²) in [4.78, 5) is 2.28. The molecule has 3 heteroatoms. The van der Waals surface area contributed by atoms with E-state index in [9.17, 15) is 0 Å². The highest BCUT2D eigenvalue weighted by molar-refractivity contribution is 6.11. The zero-order valence-corrected chi connectivity index (χ0v) is 33.7. The molecule has 1 unspecified atom stereocenters. The van der Waals surface area contributed by atoms with E-state index in [1.54, 1.807) is 0 Å². The van der Waals surface area contributed by atoms with Gasteiger partial charge in [0.2, 0.25) is 0 Å². The largest absolute Gasteiger partial charge is 0.455 e. The van der Waals surface area contributed by atoms with Crippen molar-refractivity contribution in [3.05, 3.63) is 236 Å². The van der Waals surface area contributed by atoms with E-state index in [2.05, 4.69) is 248 Å². The van der Waals surface area contributed by atoms with Gasteiger partial charge in [-0.05, 0) is 88.0 Å². The van der Waals surface area contributed by atoms with E-state index in [1.807, 2.05) is 0 Å². The minimum atomic E-state index is 0.0622. The maximum Gasteiger partial charge on any atom is 0.152 e. The molecule has 0 aliphatic carbocycles. The summed E-state index contributed by atoms with van der Waals surface area (Å²) in [6.07, 6.45) is 0. The predicted octanol–water partition coefficient (Wildman–Crippen LogP) is 15.5. The van der Waals surface area contributed by atoms with Gasteiger partial charge in [-0.2, -0.15) is 0 Å². The smallest absolute Gasteiger partial charge is 0.152 e. The lowest BCUT2D eigenvalue weighted by molar-refractivity contribution is 0.478. The van der Waals surface area contributed by atoms with Crippen molar-refractivity contribution >= 4 is 33.2 Å². The zero-order chi connectivity index (χ0) is 40.4. The highest BCUT2D eigenvalue weighted by Gasteiger charge is 2.21. The van der Waals surface area contributed by atoms with Crippen LogP contribution in [0.2, 0.25) is 0 Å². The predicted molar refractivity (Wildman–Crippen MR) is 252 cm³/mol. The third-order valence-corrected chi connectivity index (χ3v) is 11.8. The Balaban J connectivity index is 1.07. The van der Waals surface area contributed by atoms with Crippen LogP contribution in [0.3, 0.4) is 0 Å². The number of rotatable bonds is 10.